The van der Waals surface area contributed by atoms with Gasteiger partial charge in [0.1, 0.15) is 10.8 Å². The minimum atomic E-state index is -0.233. The first kappa shape index (κ1) is 14.3. The summed E-state index contributed by atoms with van der Waals surface area (Å²) in [4.78, 5) is 18.1. The maximum atomic E-state index is 11.4. The molecule has 3 rings (SSSR count). The van der Waals surface area contributed by atoms with Crippen LogP contribution in [0, 0.1) is 12.8 Å². The molecule has 1 aliphatic rings. The summed E-state index contributed by atoms with van der Waals surface area (Å²) in [6, 6.07) is 0. The molecule has 8 heteroatoms. The molecular formula is C13H17N5OS2. The average Bonchev–Trinajstić information content (AvgIpc) is 3.04. The SMILES string of the molecule is Cc1nc(-c2c(N)nsc2N2CCCC(C(N)=O)C2)cs1. The number of carbonyl (C=O) groups excluding carboxylic acids is 1. The lowest BCUT2D eigenvalue weighted by atomic mass is 9.97. The first-order valence-corrected chi connectivity index (χ1v) is 8.43. The van der Waals surface area contributed by atoms with Gasteiger partial charge in [0.25, 0.3) is 0 Å². The zero-order valence-corrected chi connectivity index (χ0v) is 13.3. The van der Waals surface area contributed by atoms with Gasteiger partial charge in [-0.3, -0.25) is 4.79 Å². The van der Waals surface area contributed by atoms with Crippen LogP contribution >= 0.6 is 22.9 Å². The molecule has 0 aromatic carbocycles. The van der Waals surface area contributed by atoms with Crippen LogP contribution < -0.4 is 16.4 Å². The summed E-state index contributed by atoms with van der Waals surface area (Å²) in [5.74, 6) is 0.164. The Morgan fingerprint density at radius 1 is 1.52 bits per heavy atom. The topological polar surface area (TPSA) is 98.1 Å². The standard InChI is InChI=1S/C13H17N5OS2/c1-7-16-9(6-20-7)10-11(14)17-21-13(10)18-4-2-3-8(5-18)12(15)19/h6,8H,2-5H2,1H3,(H2,14,17)(H2,15,19). The summed E-state index contributed by atoms with van der Waals surface area (Å²) in [6.07, 6.45) is 1.80. The Bertz CT molecular complexity index is 665. The molecule has 0 saturated carbocycles. The first-order valence-electron chi connectivity index (χ1n) is 6.78. The Morgan fingerprint density at radius 3 is 3.00 bits per heavy atom. The Labute approximate surface area is 130 Å². The van der Waals surface area contributed by atoms with Crippen LogP contribution in [0.1, 0.15) is 17.8 Å². The van der Waals surface area contributed by atoms with E-state index in [4.69, 9.17) is 11.5 Å². The van der Waals surface area contributed by atoms with Gasteiger partial charge in [-0.05, 0) is 31.3 Å². The number of hydrogen-bond donors (Lipinski definition) is 2. The molecule has 1 unspecified atom stereocenters. The van der Waals surface area contributed by atoms with Gasteiger partial charge in [-0.25, -0.2) is 4.98 Å². The van der Waals surface area contributed by atoms with Crippen molar-refractivity contribution in [1.29, 1.82) is 0 Å². The van der Waals surface area contributed by atoms with E-state index in [2.05, 4.69) is 14.3 Å². The highest BCUT2D eigenvalue weighted by molar-refractivity contribution is 7.11. The highest BCUT2D eigenvalue weighted by atomic mass is 32.1. The third kappa shape index (κ3) is 2.73. The summed E-state index contributed by atoms with van der Waals surface area (Å²) < 4.78 is 4.27. The second kappa shape index (κ2) is 5.61. The van der Waals surface area contributed by atoms with Gasteiger partial charge < -0.3 is 16.4 Å². The monoisotopic (exact) mass is 323 g/mol. The minimum Gasteiger partial charge on any atom is -0.382 e. The average molecular weight is 323 g/mol. The van der Waals surface area contributed by atoms with Gasteiger partial charge >= 0.3 is 0 Å². The van der Waals surface area contributed by atoms with E-state index in [0.29, 0.717) is 12.4 Å². The lowest BCUT2D eigenvalue weighted by Gasteiger charge is -2.32. The summed E-state index contributed by atoms with van der Waals surface area (Å²) in [6.45, 7) is 3.49. The quantitative estimate of drug-likeness (QED) is 0.898. The van der Waals surface area contributed by atoms with E-state index in [9.17, 15) is 4.79 Å². The van der Waals surface area contributed by atoms with Crippen LogP contribution in [-0.4, -0.2) is 28.4 Å². The Balaban J connectivity index is 1.94. The third-order valence-electron chi connectivity index (χ3n) is 3.69. The zero-order chi connectivity index (χ0) is 15.0. The molecule has 21 heavy (non-hydrogen) atoms. The normalized spacial score (nSPS) is 18.9. The highest BCUT2D eigenvalue weighted by Crippen LogP contribution is 2.40. The minimum absolute atomic E-state index is 0.105. The number of nitrogens with zero attached hydrogens (tertiary/aromatic N) is 3. The molecule has 1 atom stereocenters. The molecule has 3 heterocycles. The van der Waals surface area contributed by atoms with Crippen molar-refractivity contribution < 1.29 is 4.79 Å². The van der Waals surface area contributed by atoms with Crippen molar-refractivity contribution in [1.82, 2.24) is 9.36 Å². The van der Waals surface area contributed by atoms with E-state index in [1.54, 1.807) is 11.3 Å². The summed E-state index contributed by atoms with van der Waals surface area (Å²) in [5, 5.41) is 3.98. The maximum Gasteiger partial charge on any atom is 0.222 e. The first-order chi connectivity index (χ1) is 10.1. The number of rotatable bonds is 3. The molecule has 2 aromatic heterocycles. The predicted molar refractivity (Wildman–Crippen MR) is 86.5 cm³/mol. The van der Waals surface area contributed by atoms with Gasteiger partial charge in [-0.15, -0.1) is 11.3 Å². The fourth-order valence-corrected chi connectivity index (χ4v) is 4.08. The van der Waals surface area contributed by atoms with Crippen molar-refractivity contribution in [3.8, 4) is 11.3 Å². The number of aromatic nitrogens is 2. The Kier molecular flexibility index (Phi) is 3.81. The molecule has 0 aliphatic carbocycles. The molecule has 4 N–H and O–H groups in total. The van der Waals surface area contributed by atoms with Crippen molar-refractivity contribution in [2.45, 2.75) is 19.8 Å². The summed E-state index contributed by atoms with van der Waals surface area (Å²) in [7, 11) is 0. The van der Waals surface area contributed by atoms with Crippen molar-refractivity contribution in [3.05, 3.63) is 10.4 Å². The highest BCUT2D eigenvalue weighted by Gasteiger charge is 2.28. The third-order valence-corrected chi connectivity index (χ3v) is 5.38. The maximum absolute atomic E-state index is 11.4. The fourth-order valence-electron chi connectivity index (χ4n) is 2.62. The molecule has 2 aromatic rings. The number of aryl methyl sites for hydroxylation is 1. The predicted octanol–water partition coefficient (Wildman–Crippen LogP) is 1.86. The van der Waals surface area contributed by atoms with Crippen LogP contribution in [-0.2, 0) is 4.79 Å². The van der Waals surface area contributed by atoms with Crippen LogP contribution in [0.15, 0.2) is 5.38 Å². The molecule has 1 fully saturated rings. The van der Waals surface area contributed by atoms with Crippen molar-refractivity contribution >= 4 is 39.6 Å². The van der Waals surface area contributed by atoms with Gasteiger partial charge in [-0.1, -0.05) is 0 Å². The lowest BCUT2D eigenvalue weighted by molar-refractivity contribution is -0.122. The van der Waals surface area contributed by atoms with E-state index < -0.39 is 0 Å². The van der Waals surface area contributed by atoms with Crippen molar-refractivity contribution in [2.75, 3.05) is 23.7 Å². The summed E-state index contributed by atoms with van der Waals surface area (Å²) >= 11 is 2.95. The van der Waals surface area contributed by atoms with Crippen LogP contribution in [0.5, 0.6) is 0 Å². The van der Waals surface area contributed by atoms with E-state index >= 15 is 0 Å². The molecule has 1 amide bonds. The van der Waals surface area contributed by atoms with E-state index in [1.165, 1.54) is 11.5 Å². The molecular weight excluding hydrogens is 306 g/mol. The van der Waals surface area contributed by atoms with E-state index in [-0.39, 0.29) is 11.8 Å². The second-order valence-corrected chi connectivity index (χ2v) is 7.00. The van der Waals surface area contributed by atoms with Gasteiger partial charge in [0.15, 0.2) is 0 Å². The van der Waals surface area contributed by atoms with E-state index in [0.717, 1.165) is 40.7 Å². The number of amides is 1. The molecule has 1 saturated heterocycles. The molecule has 0 spiro atoms. The van der Waals surface area contributed by atoms with Gasteiger partial charge in [0, 0.05) is 18.5 Å². The van der Waals surface area contributed by atoms with Crippen molar-refractivity contribution in [2.24, 2.45) is 11.7 Å². The smallest absolute Gasteiger partial charge is 0.222 e. The number of thiazole rings is 1. The van der Waals surface area contributed by atoms with Crippen LogP contribution in [0.25, 0.3) is 11.3 Å². The lowest BCUT2D eigenvalue weighted by Crippen LogP contribution is -2.41. The number of carbonyl (C=O) groups is 1. The molecule has 1 aliphatic heterocycles. The molecule has 6 nitrogen and oxygen atoms in total. The molecule has 112 valence electrons. The van der Waals surface area contributed by atoms with Crippen molar-refractivity contribution in [3.63, 3.8) is 0 Å². The number of nitrogens with two attached hydrogens (primary N) is 2. The zero-order valence-electron chi connectivity index (χ0n) is 11.7. The van der Waals surface area contributed by atoms with Gasteiger partial charge in [-0.2, -0.15) is 4.37 Å². The second-order valence-electron chi connectivity index (χ2n) is 5.19. The molecule has 0 bridgehead atoms. The van der Waals surface area contributed by atoms with Crippen LogP contribution in [0.3, 0.4) is 0 Å². The van der Waals surface area contributed by atoms with Crippen LogP contribution in [0.4, 0.5) is 10.8 Å². The Morgan fingerprint density at radius 2 is 2.33 bits per heavy atom. The van der Waals surface area contributed by atoms with Crippen LogP contribution in [0.2, 0.25) is 0 Å². The van der Waals surface area contributed by atoms with Gasteiger partial charge in [0.2, 0.25) is 5.91 Å². The number of piperidine rings is 1. The number of anilines is 2. The Hall–Kier alpha value is -1.67. The fraction of sp³-hybridized carbons (Fsp3) is 0.462. The van der Waals surface area contributed by atoms with Gasteiger partial charge in [0.05, 0.1) is 22.2 Å². The molecule has 0 radical (unpaired) electrons. The number of nitrogen functional groups attached to an aromatic ring is 1. The summed E-state index contributed by atoms with van der Waals surface area (Å²) in [5.41, 5.74) is 13.2. The number of hydrogen-bond acceptors (Lipinski definition) is 7. The van der Waals surface area contributed by atoms with E-state index in [1.807, 2.05) is 12.3 Å². The number of primary amides is 1. The largest absolute Gasteiger partial charge is 0.382 e.